The summed E-state index contributed by atoms with van der Waals surface area (Å²) in [6.45, 7) is 1.76. The van der Waals surface area contributed by atoms with E-state index in [0.717, 1.165) is 10.1 Å². The van der Waals surface area contributed by atoms with Gasteiger partial charge in [0.05, 0.1) is 11.5 Å². The van der Waals surface area contributed by atoms with Gasteiger partial charge in [-0.25, -0.2) is 8.78 Å². The number of aromatic nitrogens is 1. The number of hydrogen-bond donors (Lipinski definition) is 0. The van der Waals surface area contributed by atoms with Crippen molar-refractivity contribution in [3.63, 3.8) is 0 Å². The Morgan fingerprint density at radius 2 is 1.76 bits per heavy atom. The second-order valence-corrected chi connectivity index (χ2v) is 4.58. The van der Waals surface area contributed by atoms with E-state index in [4.69, 9.17) is 4.42 Å². The van der Waals surface area contributed by atoms with Crippen molar-refractivity contribution in [2.45, 2.75) is 6.92 Å². The van der Waals surface area contributed by atoms with Crippen molar-refractivity contribution in [3.8, 4) is 5.69 Å². The molecule has 0 aliphatic heterocycles. The third-order valence-electron chi connectivity index (χ3n) is 3.15. The molecule has 106 valence electrons. The van der Waals surface area contributed by atoms with Crippen molar-refractivity contribution in [2.75, 3.05) is 0 Å². The monoisotopic (exact) mass is 292 g/mol. The van der Waals surface area contributed by atoms with Gasteiger partial charge in [0.2, 0.25) is 0 Å². The number of halogens is 3. The molecule has 0 fully saturated rings. The van der Waals surface area contributed by atoms with E-state index in [1.54, 1.807) is 25.1 Å². The van der Waals surface area contributed by atoms with Gasteiger partial charge in [-0.1, -0.05) is 16.7 Å². The van der Waals surface area contributed by atoms with Crippen molar-refractivity contribution in [2.24, 2.45) is 0 Å². The molecule has 0 N–H and O–H groups in total. The molecule has 0 aliphatic carbocycles. The van der Waals surface area contributed by atoms with Gasteiger partial charge in [0.25, 0.3) is 5.69 Å². The van der Waals surface area contributed by atoms with Gasteiger partial charge in [-0.05, 0) is 18.6 Å². The predicted molar refractivity (Wildman–Crippen MR) is 68.6 cm³/mol. The molecule has 0 saturated carbocycles. The molecule has 21 heavy (non-hydrogen) atoms. The highest BCUT2D eigenvalue weighted by molar-refractivity contribution is 5.77. The summed E-state index contributed by atoms with van der Waals surface area (Å²) in [6.07, 6.45) is 1.32. The Kier molecular flexibility index (Phi) is 3.01. The maximum atomic E-state index is 13.8. The smallest absolute Gasteiger partial charge is 0.371 e. The normalized spacial score (nSPS) is 11.0. The van der Waals surface area contributed by atoms with E-state index in [2.05, 4.69) is 0 Å². The van der Waals surface area contributed by atoms with Crippen LogP contribution in [0.2, 0.25) is 0 Å². The number of rotatable bonds is 1. The van der Waals surface area contributed by atoms with Gasteiger partial charge >= 0.3 is 5.76 Å². The van der Waals surface area contributed by atoms with Crippen LogP contribution in [0.5, 0.6) is 0 Å². The second kappa shape index (κ2) is 4.73. The molecule has 3 rings (SSSR count). The highest BCUT2D eigenvalue weighted by Crippen LogP contribution is 2.17. The summed E-state index contributed by atoms with van der Waals surface area (Å²) in [4.78, 5) is 11.9. The molecule has 0 bridgehead atoms. The molecular weight excluding hydrogens is 283 g/mol. The first-order valence-corrected chi connectivity index (χ1v) is 6.07. The molecule has 2 aromatic carbocycles. The number of nitrogens with zero attached hydrogens (tertiary/aromatic N) is 1. The average molecular weight is 292 g/mol. The fourth-order valence-corrected chi connectivity index (χ4v) is 2.11. The molecular formula is C15H9F3NO2+. The summed E-state index contributed by atoms with van der Waals surface area (Å²) < 4.78 is 45.9. The Balaban J connectivity index is 2.33. The Bertz CT molecular complexity index is 919. The van der Waals surface area contributed by atoms with Gasteiger partial charge in [-0.3, -0.25) is 0 Å². The lowest BCUT2D eigenvalue weighted by Gasteiger charge is -2.01. The fraction of sp³-hybridized carbons (Fsp3) is 0.0667. The molecule has 0 radical (unpaired) electrons. The lowest BCUT2D eigenvalue weighted by molar-refractivity contribution is -0.625. The van der Waals surface area contributed by atoms with Gasteiger partial charge in [-0.15, -0.1) is 0 Å². The number of hydrogen-bond acceptors (Lipinski definition) is 2. The van der Waals surface area contributed by atoms with Crippen molar-refractivity contribution in [3.05, 3.63) is 70.1 Å². The zero-order valence-electron chi connectivity index (χ0n) is 10.9. The molecule has 1 heterocycles. The summed E-state index contributed by atoms with van der Waals surface area (Å²) in [5.41, 5.74) is 0.690. The van der Waals surface area contributed by atoms with Crippen LogP contribution in [0, 0.1) is 24.4 Å². The van der Waals surface area contributed by atoms with Crippen molar-refractivity contribution in [1.29, 1.82) is 0 Å². The number of benzene rings is 2. The van der Waals surface area contributed by atoms with Crippen molar-refractivity contribution < 1.29 is 22.2 Å². The van der Waals surface area contributed by atoms with E-state index in [1.165, 1.54) is 6.20 Å². The quantitative estimate of drug-likeness (QED) is 0.510. The van der Waals surface area contributed by atoms with Crippen LogP contribution >= 0.6 is 0 Å². The standard InChI is InChI=1S/C15H9F3NO2/c1-8-3-2-4-9-7-19(15(20)21-14(8)9)13-6-11(17)10(16)5-12(13)18/h2-7H,1H3/q+1. The molecule has 0 saturated heterocycles. The van der Waals surface area contributed by atoms with E-state index in [9.17, 15) is 18.0 Å². The van der Waals surface area contributed by atoms with Crippen LogP contribution in [0.25, 0.3) is 16.7 Å². The van der Waals surface area contributed by atoms with Crippen LogP contribution in [0.1, 0.15) is 5.56 Å². The maximum absolute atomic E-state index is 13.8. The first-order valence-electron chi connectivity index (χ1n) is 6.07. The van der Waals surface area contributed by atoms with Crippen LogP contribution in [0.15, 0.2) is 45.7 Å². The minimum absolute atomic E-state index is 0.363. The largest absolute Gasteiger partial charge is 0.608 e. The van der Waals surface area contributed by atoms with E-state index < -0.39 is 28.9 Å². The van der Waals surface area contributed by atoms with Crippen LogP contribution in [-0.4, -0.2) is 0 Å². The zero-order chi connectivity index (χ0) is 15.1. The Morgan fingerprint density at radius 1 is 1.05 bits per heavy atom. The summed E-state index contributed by atoms with van der Waals surface area (Å²) >= 11 is 0. The lowest BCUT2D eigenvalue weighted by Crippen LogP contribution is -2.47. The number of para-hydroxylation sites is 1. The van der Waals surface area contributed by atoms with Gasteiger partial charge in [0, 0.05) is 6.07 Å². The van der Waals surface area contributed by atoms with Gasteiger partial charge < -0.3 is 4.42 Å². The third kappa shape index (κ3) is 2.18. The fourth-order valence-electron chi connectivity index (χ4n) is 2.11. The van der Waals surface area contributed by atoms with E-state index in [1.807, 2.05) is 0 Å². The van der Waals surface area contributed by atoms with Gasteiger partial charge in [0.15, 0.2) is 29.2 Å². The summed E-state index contributed by atoms with van der Waals surface area (Å²) in [7, 11) is 0. The molecule has 0 spiro atoms. The maximum Gasteiger partial charge on any atom is 0.608 e. The molecule has 3 nitrogen and oxygen atoms in total. The summed E-state index contributed by atoms with van der Waals surface area (Å²) in [6, 6.07) is 6.16. The van der Waals surface area contributed by atoms with E-state index >= 15 is 0 Å². The minimum Gasteiger partial charge on any atom is -0.371 e. The Morgan fingerprint density at radius 3 is 2.52 bits per heavy atom. The molecule has 0 amide bonds. The predicted octanol–water partition coefficient (Wildman–Crippen LogP) is 2.80. The molecule has 6 heteroatoms. The molecule has 0 unspecified atom stereocenters. The molecule has 0 aliphatic rings. The first kappa shape index (κ1) is 13.4. The second-order valence-electron chi connectivity index (χ2n) is 4.58. The van der Waals surface area contributed by atoms with E-state index in [-0.39, 0.29) is 0 Å². The zero-order valence-corrected chi connectivity index (χ0v) is 10.9. The lowest BCUT2D eigenvalue weighted by atomic mass is 10.2. The number of aryl methyl sites for hydroxylation is 1. The minimum atomic E-state index is -1.32. The highest BCUT2D eigenvalue weighted by Gasteiger charge is 2.23. The summed E-state index contributed by atoms with van der Waals surface area (Å²) in [5.74, 6) is -4.51. The average Bonchev–Trinajstić information content (AvgIpc) is 2.44. The van der Waals surface area contributed by atoms with Gasteiger partial charge in [0.1, 0.15) is 0 Å². The highest BCUT2D eigenvalue weighted by atomic mass is 19.2. The van der Waals surface area contributed by atoms with Crippen molar-refractivity contribution >= 4 is 11.0 Å². The first-order chi connectivity index (χ1) is 9.97. The topological polar surface area (TPSA) is 34.1 Å². The van der Waals surface area contributed by atoms with Crippen LogP contribution in [0.4, 0.5) is 13.2 Å². The molecule has 1 aromatic heterocycles. The van der Waals surface area contributed by atoms with E-state index in [0.29, 0.717) is 23.1 Å². The SMILES string of the molecule is Cc1cccc2c[n+](-c3cc(F)c(F)cc3F)c(=O)oc12. The van der Waals surface area contributed by atoms with Crippen molar-refractivity contribution in [1.82, 2.24) is 0 Å². The summed E-state index contributed by atoms with van der Waals surface area (Å²) in [5, 5.41) is 0.540. The molecule has 3 aromatic rings. The van der Waals surface area contributed by atoms with Crippen LogP contribution < -0.4 is 10.3 Å². The molecule has 0 atom stereocenters. The Hall–Kier alpha value is -2.63. The third-order valence-corrected chi connectivity index (χ3v) is 3.15. The Labute approximate surface area is 116 Å². The van der Waals surface area contributed by atoms with Crippen LogP contribution in [0.3, 0.4) is 0 Å². The number of fused-ring (bicyclic) bond motifs is 1. The van der Waals surface area contributed by atoms with Crippen LogP contribution in [-0.2, 0) is 0 Å². The van der Waals surface area contributed by atoms with Gasteiger partial charge in [-0.2, -0.15) is 9.18 Å².